The monoisotopic (exact) mass is 333 g/mol. The number of nitrogens with zero attached hydrogens (tertiary/aromatic N) is 2. The lowest BCUT2D eigenvalue weighted by atomic mass is 10.1. The molecule has 9 nitrogen and oxygen atoms in total. The van der Waals surface area contributed by atoms with Crippen LogP contribution in [0, 0.1) is 0 Å². The molecule has 0 aliphatic carbocycles. The molecule has 0 aliphatic rings. The fourth-order valence-corrected chi connectivity index (χ4v) is 2.35. The van der Waals surface area contributed by atoms with E-state index in [1.165, 1.54) is 4.90 Å². The maximum absolute atomic E-state index is 11.4. The Morgan fingerprint density at radius 3 is 1.96 bits per heavy atom. The summed E-state index contributed by atoms with van der Waals surface area (Å²) in [5.41, 5.74) is 5.41. The minimum atomic E-state index is -1.12. The van der Waals surface area contributed by atoms with Crippen LogP contribution >= 0.6 is 0 Å². The summed E-state index contributed by atoms with van der Waals surface area (Å²) in [6.07, 6.45) is 1.89. The van der Waals surface area contributed by atoms with Crippen molar-refractivity contribution in [2.45, 2.75) is 32.2 Å². The lowest BCUT2D eigenvalue weighted by Crippen LogP contribution is -2.46. The molecule has 0 spiro atoms. The largest absolute Gasteiger partial charge is 0.480 e. The van der Waals surface area contributed by atoms with Crippen molar-refractivity contribution in [1.82, 2.24) is 9.80 Å². The summed E-state index contributed by atoms with van der Waals surface area (Å²) >= 11 is 0. The summed E-state index contributed by atoms with van der Waals surface area (Å²) in [6, 6.07) is -0.678. The Balaban J connectivity index is 4.68. The van der Waals surface area contributed by atoms with E-state index in [1.807, 2.05) is 6.92 Å². The van der Waals surface area contributed by atoms with Crippen molar-refractivity contribution in [1.29, 1.82) is 0 Å². The second-order valence-electron chi connectivity index (χ2n) is 5.27. The molecule has 5 N–H and O–H groups in total. The number of hydrogen-bond donors (Lipinski definition) is 4. The number of carbonyl (C=O) groups is 3. The number of rotatable bonds is 14. The van der Waals surface area contributed by atoms with Crippen LogP contribution in [0.3, 0.4) is 0 Å². The van der Waals surface area contributed by atoms with E-state index in [4.69, 9.17) is 15.9 Å². The minimum Gasteiger partial charge on any atom is -0.480 e. The van der Waals surface area contributed by atoms with Crippen molar-refractivity contribution in [3.8, 4) is 0 Å². The Morgan fingerprint density at radius 1 is 1.00 bits per heavy atom. The standard InChI is InChI=1S/C14H27N3O6/c1-2-17(11(14(22)23)5-3-4-6-15)8-7-16(9-12(18)19)10-13(20)21/h11H,2-10,15H2,1H3,(H,18,19)(H,20,21)(H,22,23)/t11-/m1/s1. The highest BCUT2D eigenvalue weighted by atomic mass is 16.4. The van der Waals surface area contributed by atoms with Crippen LogP contribution in [0.25, 0.3) is 0 Å². The van der Waals surface area contributed by atoms with E-state index in [0.717, 1.165) is 6.42 Å². The van der Waals surface area contributed by atoms with Crippen LogP contribution in [0.15, 0.2) is 0 Å². The predicted molar refractivity (Wildman–Crippen MR) is 83.3 cm³/mol. The zero-order chi connectivity index (χ0) is 17.8. The van der Waals surface area contributed by atoms with Crippen molar-refractivity contribution in [2.75, 3.05) is 39.3 Å². The molecular weight excluding hydrogens is 306 g/mol. The SMILES string of the molecule is CCN(CCN(CC(=O)O)CC(=O)O)[C@H](CCCCN)C(=O)O. The first-order valence-electron chi connectivity index (χ1n) is 7.64. The smallest absolute Gasteiger partial charge is 0.320 e. The third kappa shape index (κ3) is 9.82. The zero-order valence-electron chi connectivity index (χ0n) is 13.5. The zero-order valence-corrected chi connectivity index (χ0v) is 13.5. The molecule has 0 bridgehead atoms. The van der Waals surface area contributed by atoms with E-state index in [-0.39, 0.29) is 13.1 Å². The van der Waals surface area contributed by atoms with Crippen LogP contribution in [0.4, 0.5) is 0 Å². The van der Waals surface area contributed by atoms with E-state index >= 15 is 0 Å². The van der Waals surface area contributed by atoms with Crippen molar-refractivity contribution < 1.29 is 29.7 Å². The van der Waals surface area contributed by atoms with Gasteiger partial charge in [-0.15, -0.1) is 0 Å². The van der Waals surface area contributed by atoms with E-state index in [0.29, 0.717) is 25.9 Å². The Kier molecular flexibility index (Phi) is 10.9. The van der Waals surface area contributed by atoms with Gasteiger partial charge in [0.2, 0.25) is 0 Å². The van der Waals surface area contributed by atoms with E-state index in [1.54, 1.807) is 4.90 Å². The molecule has 0 unspecified atom stereocenters. The molecule has 0 aliphatic heterocycles. The topological polar surface area (TPSA) is 144 Å². The highest BCUT2D eigenvalue weighted by Crippen LogP contribution is 2.09. The highest BCUT2D eigenvalue weighted by molar-refractivity contribution is 5.73. The molecule has 134 valence electrons. The molecule has 0 heterocycles. The van der Waals surface area contributed by atoms with Gasteiger partial charge in [-0.05, 0) is 25.9 Å². The van der Waals surface area contributed by atoms with Crippen molar-refractivity contribution in [3.63, 3.8) is 0 Å². The molecule has 9 heteroatoms. The molecular formula is C14H27N3O6. The second kappa shape index (κ2) is 11.8. The number of likely N-dealkylation sites (N-methyl/N-ethyl adjacent to an activating group) is 1. The van der Waals surface area contributed by atoms with Gasteiger partial charge in [0.15, 0.2) is 0 Å². The Morgan fingerprint density at radius 2 is 1.57 bits per heavy atom. The lowest BCUT2D eigenvalue weighted by Gasteiger charge is -2.29. The number of carboxylic acids is 3. The molecule has 0 aromatic rings. The van der Waals surface area contributed by atoms with Gasteiger partial charge in [-0.3, -0.25) is 24.2 Å². The van der Waals surface area contributed by atoms with Crippen LogP contribution < -0.4 is 5.73 Å². The molecule has 1 atom stereocenters. The summed E-state index contributed by atoms with van der Waals surface area (Å²) in [7, 11) is 0. The summed E-state index contributed by atoms with van der Waals surface area (Å²) in [6.45, 7) is 2.47. The number of aliphatic carboxylic acids is 3. The molecule has 0 rings (SSSR count). The van der Waals surface area contributed by atoms with Crippen LogP contribution in [0.5, 0.6) is 0 Å². The summed E-state index contributed by atoms with van der Waals surface area (Å²) in [4.78, 5) is 35.9. The average Bonchev–Trinajstić information content (AvgIpc) is 2.44. The number of carboxylic acid groups (broad SMARTS) is 3. The minimum absolute atomic E-state index is 0.174. The molecule has 0 saturated heterocycles. The molecule has 0 radical (unpaired) electrons. The van der Waals surface area contributed by atoms with Crippen molar-refractivity contribution in [3.05, 3.63) is 0 Å². The van der Waals surface area contributed by atoms with Gasteiger partial charge in [0.25, 0.3) is 0 Å². The molecule has 23 heavy (non-hydrogen) atoms. The van der Waals surface area contributed by atoms with Crippen molar-refractivity contribution in [2.24, 2.45) is 5.73 Å². The van der Waals surface area contributed by atoms with Crippen LogP contribution in [0.2, 0.25) is 0 Å². The van der Waals surface area contributed by atoms with E-state index < -0.39 is 37.0 Å². The van der Waals surface area contributed by atoms with Gasteiger partial charge in [-0.25, -0.2) is 0 Å². The third-order valence-corrected chi connectivity index (χ3v) is 3.48. The lowest BCUT2D eigenvalue weighted by molar-refractivity contribution is -0.145. The highest BCUT2D eigenvalue weighted by Gasteiger charge is 2.24. The normalized spacial score (nSPS) is 12.5. The van der Waals surface area contributed by atoms with E-state index in [9.17, 15) is 19.5 Å². The van der Waals surface area contributed by atoms with Crippen LogP contribution in [-0.4, -0.2) is 88.3 Å². The fourth-order valence-electron chi connectivity index (χ4n) is 2.35. The maximum atomic E-state index is 11.4. The molecule has 0 saturated carbocycles. The Labute approximate surface area is 135 Å². The molecule has 0 fully saturated rings. The third-order valence-electron chi connectivity index (χ3n) is 3.48. The van der Waals surface area contributed by atoms with Crippen molar-refractivity contribution >= 4 is 17.9 Å². The van der Waals surface area contributed by atoms with Crippen LogP contribution in [0.1, 0.15) is 26.2 Å². The number of nitrogens with two attached hydrogens (primary N) is 1. The summed E-state index contributed by atoms with van der Waals surface area (Å²) in [5.74, 6) is -3.18. The first-order valence-corrected chi connectivity index (χ1v) is 7.64. The van der Waals surface area contributed by atoms with Gasteiger partial charge in [0.05, 0.1) is 13.1 Å². The second-order valence-corrected chi connectivity index (χ2v) is 5.27. The number of unbranched alkanes of at least 4 members (excludes halogenated alkanes) is 1. The van der Waals surface area contributed by atoms with Gasteiger partial charge in [-0.2, -0.15) is 0 Å². The fraction of sp³-hybridized carbons (Fsp3) is 0.786. The summed E-state index contributed by atoms with van der Waals surface area (Å²) < 4.78 is 0. The Hall–Kier alpha value is -1.71. The predicted octanol–water partition coefficient (Wildman–Crippen LogP) is -0.638. The molecule has 0 aromatic heterocycles. The molecule has 0 amide bonds. The average molecular weight is 333 g/mol. The van der Waals surface area contributed by atoms with Gasteiger partial charge < -0.3 is 21.1 Å². The quantitative estimate of drug-likeness (QED) is 0.305. The number of hydrogen-bond acceptors (Lipinski definition) is 6. The first kappa shape index (κ1) is 21.3. The maximum Gasteiger partial charge on any atom is 0.320 e. The van der Waals surface area contributed by atoms with Gasteiger partial charge in [0.1, 0.15) is 6.04 Å². The van der Waals surface area contributed by atoms with Gasteiger partial charge in [-0.1, -0.05) is 13.3 Å². The van der Waals surface area contributed by atoms with Crippen LogP contribution in [-0.2, 0) is 14.4 Å². The van der Waals surface area contributed by atoms with Gasteiger partial charge in [0, 0.05) is 13.1 Å². The first-order chi connectivity index (χ1) is 10.8. The summed E-state index contributed by atoms with van der Waals surface area (Å²) in [5, 5.41) is 27.0. The molecule has 0 aromatic carbocycles. The van der Waals surface area contributed by atoms with Gasteiger partial charge >= 0.3 is 17.9 Å². The van der Waals surface area contributed by atoms with E-state index in [2.05, 4.69) is 0 Å². The Bertz CT molecular complexity index is 375.